The van der Waals surface area contributed by atoms with Crippen LogP contribution in [0.4, 0.5) is 0 Å². The average molecular weight is 696 g/mol. The monoisotopic (exact) mass is 695 g/mol. The molecule has 0 saturated carbocycles. The Hall–Kier alpha value is -6.65. The fourth-order valence-corrected chi connectivity index (χ4v) is 8.12. The van der Waals surface area contributed by atoms with Crippen LogP contribution in [0.1, 0.15) is 30.4 Å². The molecule has 10 rings (SSSR count). The van der Waals surface area contributed by atoms with Crippen LogP contribution in [-0.2, 0) is 5.41 Å². The van der Waals surface area contributed by atoms with E-state index < -0.39 is 0 Å². The lowest BCUT2D eigenvalue weighted by atomic mass is 9.74. The Bertz CT molecular complexity index is 2670. The Morgan fingerprint density at radius 3 is 1.96 bits per heavy atom. The highest BCUT2D eigenvalue weighted by atomic mass is 16.5. The van der Waals surface area contributed by atoms with Crippen molar-refractivity contribution in [1.29, 1.82) is 0 Å². The van der Waals surface area contributed by atoms with E-state index in [4.69, 9.17) is 19.7 Å². The summed E-state index contributed by atoms with van der Waals surface area (Å²) in [4.78, 5) is 15.6. The Balaban J connectivity index is 1.11. The van der Waals surface area contributed by atoms with Gasteiger partial charge in [-0.1, -0.05) is 158 Å². The number of hydrogen-bond acceptors (Lipinski definition) is 4. The van der Waals surface area contributed by atoms with Crippen molar-refractivity contribution in [2.45, 2.75) is 30.8 Å². The molecule has 0 saturated heterocycles. The third kappa shape index (κ3) is 5.68. The van der Waals surface area contributed by atoms with Crippen LogP contribution in [0.25, 0.3) is 67.2 Å². The van der Waals surface area contributed by atoms with Crippen molar-refractivity contribution in [3.05, 3.63) is 193 Å². The number of rotatable bonds is 6. The molecular weight excluding hydrogens is 659 g/mol. The molecular formula is C50H37N3O. The minimum atomic E-state index is -0.385. The molecule has 0 radical (unpaired) electrons. The summed E-state index contributed by atoms with van der Waals surface area (Å²) in [6.07, 6.45) is 18.3. The van der Waals surface area contributed by atoms with Crippen molar-refractivity contribution in [3.8, 4) is 62.2 Å². The predicted molar refractivity (Wildman–Crippen MR) is 220 cm³/mol. The minimum Gasteiger partial charge on any atom is -0.485 e. The quantitative estimate of drug-likeness (QED) is 0.174. The van der Waals surface area contributed by atoms with E-state index in [-0.39, 0.29) is 11.5 Å². The predicted octanol–water partition coefficient (Wildman–Crippen LogP) is 12.1. The SMILES string of the molecule is CC12C=CC=CC1Oc1cc(-c3ccc(C4C=CC=CC4)cc3)cc(-c3nc(-c4ccccc4)nc(-c4ccc(-c5ccc6ccccc6c5)cc4)n3)c12. The van der Waals surface area contributed by atoms with Crippen LogP contribution in [0.15, 0.2) is 182 Å². The van der Waals surface area contributed by atoms with Crippen LogP contribution in [0, 0.1) is 0 Å². The molecule has 3 unspecified atom stereocenters. The number of aromatic nitrogens is 3. The first-order chi connectivity index (χ1) is 26.6. The van der Waals surface area contributed by atoms with Crippen LogP contribution < -0.4 is 4.74 Å². The summed E-state index contributed by atoms with van der Waals surface area (Å²) in [6, 6.07) is 47.2. The Kier molecular flexibility index (Phi) is 7.76. The van der Waals surface area contributed by atoms with E-state index >= 15 is 0 Å². The van der Waals surface area contributed by atoms with Gasteiger partial charge in [0.15, 0.2) is 17.5 Å². The molecule has 2 heterocycles. The van der Waals surface area contributed by atoms with E-state index in [1.165, 1.54) is 21.9 Å². The number of ether oxygens (including phenoxy) is 1. The molecule has 6 aromatic carbocycles. The Morgan fingerprint density at radius 1 is 0.537 bits per heavy atom. The lowest BCUT2D eigenvalue weighted by Crippen LogP contribution is -2.33. The van der Waals surface area contributed by atoms with Crippen LogP contribution in [-0.4, -0.2) is 21.1 Å². The first-order valence-corrected chi connectivity index (χ1v) is 18.7. The van der Waals surface area contributed by atoms with Crippen molar-refractivity contribution in [3.63, 3.8) is 0 Å². The molecule has 3 atom stereocenters. The molecule has 3 aliphatic rings. The second kappa shape index (κ2) is 13.1. The van der Waals surface area contributed by atoms with Gasteiger partial charge in [-0.15, -0.1) is 0 Å². The summed E-state index contributed by atoms with van der Waals surface area (Å²) in [5.74, 6) is 3.14. The largest absolute Gasteiger partial charge is 0.485 e. The lowest BCUT2D eigenvalue weighted by Gasteiger charge is -2.28. The Morgan fingerprint density at radius 2 is 1.19 bits per heavy atom. The van der Waals surface area contributed by atoms with E-state index in [0.717, 1.165) is 51.1 Å². The van der Waals surface area contributed by atoms with Gasteiger partial charge < -0.3 is 4.74 Å². The molecule has 2 aliphatic carbocycles. The first kappa shape index (κ1) is 32.0. The highest BCUT2D eigenvalue weighted by Crippen LogP contribution is 2.51. The highest BCUT2D eigenvalue weighted by Gasteiger charge is 2.45. The zero-order chi connectivity index (χ0) is 36.1. The number of benzene rings is 6. The molecule has 0 fully saturated rings. The van der Waals surface area contributed by atoms with Gasteiger partial charge in [-0.05, 0) is 76.2 Å². The fraction of sp³-hybridized carbons (Fsp3) is 0.100. The third-order valence-corrected chi connectivity index (χ3v) is 11.1. The topological polar surface area (TPSA) is 47.9 Å². The van der Waals surface area contributed by atoms with Gasteiger partial charge in [0.05, 0.1) is 5.41 Å². The van der Waals surface area contributed by atoms with Crippen LogP contribution >= 0.6 is 0 Å². The highest BCUT2D eigenvalue weighted by molar-refractivity contribution is 5.87. The maximum Gasteiger partial charge on any atom is 0.164 e. The second-order valence-corrected chi connectivity index (χ2v) is 14.6. The van der Waals surface area contributed by atoms with Gasteiger partial charge >= 0.3 is 0 Å². The fourth-order valence-electron chi connectivity index (χ4n) is 8.12. The summed E-state index contributed by atoms with van der Waals surface area (Å²) in [5, 5.41) is 2.46. The summed E-state index contributed by atoms with van der Waals surface area (Å²) >= 11 is 0. The van der Waals surface area contributed by atoms with Crippen molar-refractivity contribution >= 4 is 10.8 Å². The van der Waals surface area contributed by atoms with Crippen molar-refractivity contribution in [1.82, 2.24) is 15.0 Å². The zero-order valence-electron chi connectivity index (χ0n) is 29.9. The van der Waals surface area contributed by atoms with E-state index in [0.29, 0.717) is 23.4 Å². The van der Waals surface area contributed by atoms with Gasteiger partial charge in [-0.3, -0.25) is 0 Å². The smallest absolute Gasteiger partial charge is 0.164 e. The molecule has 0 bridgehead atoms. The molecule has 0 N–H and O–H groups in total. The number of nitrogens with zero attached hydrogens (tertiary/aromatic N) is 3. The van der Waals surface area contributed by atoms with E-state index in [1.807, 2.05) is 18.2 Å². The van der Waals surface area contributed by atoms with Crippen LogP contribution in [0.2, 0.25) is 0 Å². The summed E-state index contributed by atoms with van der Waals surface area (Å²) in [6.45, 7) is 2.25. The van der Waals surface area contributed by atoms with Gasteiger partial charge in [0.2, 0.25) is 0 Å². The average Bonchev–Trinajstić information content (AvgIpc) is 3.55. The van der Waals surface area contributed by atoms with Crippen LogP contribution in [0.3, 0.4) is 0 Å². The summed E-state index contributed by atoms with van der Waals surface area (Å²) in [7, 11) is 0. The normalized spacial score (nSPS) is 19.4. The number of allylic oxidation sites excluding steroid dienone is 6. The third-order valence-electron chi connectivity index (χ3n) is 11.1. The molecule has 0 spiro atoms. The zero-order valence-corrected chi connectivity index (χ0v) is 29.9. The maximum atomic E-state index is 6.74. The Labute approximate surface area is 315 Å². The minimum absolute atomic E-state index is 0.127. The van der Waals surface area contributed by atoms with Gasteiger partial charge in [0.1, 0.15) is 11.9 Å². The van der Waals surface area contributed by atoms with Gasteiger partial charge in [0, 0.05) is 28.2 Å². The van der Waals surface area contributed by atoms with Crippen molar-refractivity contribution < 1.29 is 4.74 Å². The van der Waals surface area contributed by atoms with Crippen LogP contribution in [0.5, 0.6) is 5.75 Å². The molecule has 1 aliphatic heterocycles. The van der Waals surface area contributed by atoms with Gasteiger partial charge in [-0.2, -0.15) is 0 Å². The molecule has 54 heavy (non-hydrogen) atoms. The molecule has 4 nitrogen and oxygen atoms in total. The first-order valence-electron chi connectivity index (χ1n) is 18.7. The maximum absolute atomic E-state index is 6.74. The lowest BCUT2D eigenvalue weighted by molar-refractivity contribution is 0.228. The summed E-state index contributed by atoms with van der Waals surface area (Å²) in [5.41, 5.74) is 9.33. The van der Waals surface area contributed by atoms with Crippen molar-refractivity contribution in [2.75, 3.05) is 0 Å². The second-order valence-electron chi connectivity index (χ2n) is 14.6. The van der Waals surface area contributed by atoms with Gasteiger partial charge in [0.25, 0.3) is 0 Å². The molecule has 7 aromatic rings. The molecule has 258 valence electrons. The standard InChI is InChI=1S/C50H37N3O/c1-50-29-11-10-18-45(50)54-44-32-42(37-21-19-35(20-22-37)33-12-4-2-5-13-33)31-43(46(44)50)49-52-47(38-15-6-3-7-16-38)51-48(53-49)39-26-23-36(24-27-39)41-28-25-34-14-8-9-17-40(34)30-41/h2-12,14-33,45H,13H2,1H3. The summed E-state index contributed by atoms with van der Waals surface area (Å²) < 4.78 is 6.74. The number of fused-ring (bicyclic) bond motifs is 4. The van der Waals surface area contributed by atoms with E-state index in [2.05, 4.69) is 171 Å². The molecule has 1 aromatic heterocycles. The van der Waals surface area contributed by atoms with Crippen molar-refractivity contribution in [2.24, 2.45) is 0 Å². The molecule has 0 amide bonds. The van der Waals surface area contributed by atoms with E-state index in [1.54, 1.807) is 0 Å². The van der Waals surface area contributed by atoms with E-state index in [9.17, 15) is 0 Å². The van der Waals surface area contributed by atoms with Gasteiger partial charge in [-0.25, -0.2) is 15.0 Å². The number of hydrogen-bond donors (Lipinski definition) is 0. The molecule has 4 heteroatoms.